The van der Waals surface area contributed by atoms with Gasteiger partial charge in [0.25, 0.3) is 0 Å². The maximum Gasteiger partial charge on any atom is 0.244 e. The molecule has 0 radical (unpaired) electrons. The van der Waals surface area contributed by atoms with Gasteiger partial charge in [-0.2, -0.15) is 0 Å². The zero-order valence-electron chi connectivity index (χ0n) is 12.4. The van der Waals surface area contributed by atoms with Crippen molar-refractivity contribution < 1.29 is 9.53 Å². The Morgan fingerprint density at radius 3 is 2.90 bits per heavy atom. The number of aromatic nitrogens is 2. The molecule has 0 aliphatic heterocycles. The molecule has 0 unspecified atom stereocenters. The molecule has 6 heteroatoms. The van der Waals surface area contributed by atoms with Crippen molar-refractivity contribution in [2.75, 3.05) is 11.6 Å². The lowest BCUT2D eigenvalue weighted by atomic mass is 10.3. The monoisotopic (exact) mass is 305 g/mol. The fourth-order valence-electron chi connectivity index (χ4n) is 1.88. The molecule has 1 amide bonds. The number of carbonyl (C=O) groups is 1. The Morgan fingerprint density at radius 1 is 1.43 bits per heavy atom. The summed E-state index contributed by atoms with van der Waals surface area (Å²) in [5, 5.41) is 3.70. The summed E-state index contributed by atoms with van der Waals surface area (Å²) in [7, 11) is 0. The third-order valence-electron chi connectivity index (χ3n) is 2.70. The van der Waals surface area contributed by atoms with E-state index in [-0.39, 0.29) is 18.6 Å². The van der Waals surface area contributed by atoms with Gasteiger partial charge in [0.15, 0.2) is 5.16 Å². The molecule has 1 heterocycles. The number of carbonyl (C=O) groups excluding carboxylic acids is 1. The van der Waals surface area contributed by atoms with Crippen LogP contribution in [0.15, 0.2) is 41.8 Å². The van der Waals surface area contributed by atoms with E-state index in [9.17, 15) is 4.79 Å². The molecule has 2 aromatic rings. The van der Waals surface area contributed by atoms with E-state index in [2.05, 4.69) is 10.3 Å². The summed E-state index contributed by atoms with van der Waals surface area (Å²) < 4.78 is 7.50. The van der Waals surface area contributed by atoms with Crippen LogP contribution in [0.5, 0.6) is 5.75 Å². The molecule has 112 valence electrons. The van der Waals surface area contributed by atoms with Crippen molar-refractivity contribution in [3.05, 3.63) is 36.7 Å². The number of benzene rings is 1. The first-order valence-electron chi connectivity index (χ1n) is 6.71. The Hall–Kier alpha value is -1.95. The minimum Gasteiger partial charge on any atom is -0.489 e. The third kappa shape index (κ3) is 4.26. The van der Waals surface area contributed by atoms with Crippen molar-refractivity contribution in [2.45, 2.75) is 31.7 Å². The summed E-state index contributed by atoms with van der Waals surface area (Å²) in [6, 6.07) is 7.43. The van der Waals surface area contributed by atoms with Crippen LogP contribution in [0.2, 0.25) is 0 Å². The van der Waals surface area contributed by atoms with Gasteiger partial charge in [0.2, 0.25) is 5.91 Å². The number of anilines is 1. The number of nitrogens with one attached hydrogen (secondary N) is 1. The zero-order chi connectivity index (χ0) is 15.2. The van der Waals surface area contributed by atoms with E-state index in [4.69, 9.17) is 4.74 Å². The van der Waals surface area contributed by atoms with E-state index >= 15 is 0 Å². The molecular formula is C15H19N3O2S. The molecule has 0 spiro atoms. The highest BCUT2D eigenvalue weighted by molar-refractivity contribution is 7.98. The fraction of sp³-hybridized carbons (Fsp3) is 0.333. The van der Waals surface area contributed by atoms with Crippen LogP contribution in [-0.2, 0) is 11.3 Å². The minimum atomic E-state index is -0.108. The first-order chi connectivity index (χ1) is 10.1. The summed E-state index contributed by atoms with van der Waals surface area (Å²) in [5.74, 6) is 0.569. The molecule has 0 bridgehead atoms. The Bertz CT molecular complexity index is 610. The lowest BCUT2D eigenvalue weighted by molar-refractivity contribution is -0.116. The van der Waals surface area contributed by atoms with Crippen LogP contribution in [0.3, 0.4) is 0 Å². The molecular weight excluding hydrogens is 286 g/mol. The topological polar surface area (TPSA) is 56.2 Å². The van der Waals surface area contributed by atoms with Gasteiger partial charge in [-0.05, 0) is 32.2 Å². The van der Waals surface area contributed by atoms with E-state index in [0.717, 1.165) is 5.16 Å². The molecule has 5 nitrogen and oxygen atoms in total. The van der Waals surface area contributed by atoms with E-state index in [1.807, 2.05) is 48.9 Å². The van der Waals surface area contributed by atoms with E-state index < -0.39 is 0 Å². The van der Waals surface area contributed by atoms with Gasteiger partial charge in [0, 0.05) is 12.4 Å². The van der Waals surface area contributed by atoms with Crippen LogP contribution in [0.25, 0.3) is 0 Å². The highest BCUT2D eigenvalue weighted by Gasteiger charge is 2.11. The Labute approximate surface area is 128 Å². The molecule has 0 saturated carbocycles. The maximum atomic E-state index is 12.2. The van der Waals surface area contributed by atoms with Gasteiger partial charge in [-0.3, -0.25) is 4.79 Å². The Balaban J connectivity index is 2.06. The number of thioether (sulfide) groups is 1. The van der Waals surface area contributed by atoms with Gasteiger partial charge in [-0.25, -0.2) is 4.98 Å². The standard InChI is InChI=1S/C15H19N3O2S/c1-11(2)20-13-7-5-4-6-12(13)17-14(19)10-18-9-8-16-15(18)21-3/h4-9,11H,10H2,1-3H3,(H,17,19). The van der Waals surface area contributed by atoms with Gasteiger partial charge in [0.1, 0.15) is 12.3 Å². The molecule has 0 atom stereocenters. The second-order valence-corrected chi connectivity index (χ2v) is 5.53. The average molecular weight is 305 g/mol. The molecule has 0 fully saturated rings. The third-order valence-corrected chi connectivity index (χ3v) is 3.40. The summed E-state index contributed by atoms with van der Waals surface area (Å²) >= 11 is 1.51. The number of rotatable bonds is 6. The average Bonchev–Trinajstić information content (AvgIpc) is 2.87. The molecule has 2 rings (SSSR count). The molecule has 1 N–H and O–H groups in total. The maximum absolute atomic E-state index is 12.2. The van der Waals surface area contributed by atoms with Gasteiger partial charge in [-0.15, -0.1) is 0 Å². The summed E-state index contributed by atoms with van der Waals surface area (Å²) in [6.45, 7) is 4.13. The number of imidazole rings is 1. The van der Waals surface area contributed by atoms with Crippen LogP contribution in [-0.4, -0.2) is 27.8 Å². The summed E-state index contributed by atoms with van der Waals surface area (Å²) in [4.78, 5) is 16.3. The number of hydrogen-bond acceptors (Lipinski definition) is 4. The molecule has 21 heavy (non-hydrogen) atoms. The highest BCUT2D eigenvalue weighted by atomic mass is 32.2. The van der Waals surface area contributed by atoms with Crippen LogP contribution in [0, 0.1) is 0 Å². The van der Waals surface area contributed by atoms with Crippen molar-refractivity contribution >= 4 is 23.4 Å². The van der Waals surface area contributed by atoms with Crippen molar-refractivity contribution in [1.29, 1.82) is 0 Å². The van der Waals surface area contributed by atoms with Crippen LogP contribution >= 0.6 is 11.8 Å². The van der Waals surface area contributed by atoms with Gasteiger partial charge < -0.3 is 14.6 Å². The quantitative estimate of drug-likeness (QED) is 0.834. The van der Waals surface area contributed by atoms with Gasteiger partial charge in [-0.1, -0.05) is 23.9 Å². The van der Waals surface area contributed by atoms with E-state index in [1.54, 1.807) is 12.4 Å². The molecule has 1 aromatic carbocycles. The van der Waals surface area contributed by atoms with Crippen molar-refractivity contribution in [3.63, 3.8) is 0 Å². The van der Waals surface area contributed by atoms with Crippen molar-refractivity contribution in [3.8, 4) is 5.75 Å². The van der Waals surface area contributed by atoms with E-state index in [1.165, 1.54) is 11.8 Å². The lowest BCUT2D eigenvalue weighted by Gasteiger charge is -2.15. The molecule has 0 aliphatic carbocycles. The van der Waals surface area contributed by atoms with Crippen LogP contribution in [0.1, 0.15) is 13.8 Å². The van der Waals surface area contributed by atoms with Gasteiger partial charge in [0.05, 0.1) is 11.8 Å². The van der Waals surface area contributed by atoms with Crippen LogP contribution in [0.4, 0.5) is 5.69 Å². The van der Waals surface area contributed by atoms with E-state index in [0.29, 0.717) is 11.4 Å². The Kier molecular flexibility index (Phi) is 5.27. The predicted octanol–water partition coefficient (Wildman–Crippen LogP) is 3.03. The summed E-state index contributed by atoms with van der Waals surface area (Å²) in [6.07, 6.45) is 5.47. The minimum absolute atomic E-state index is 0.0554. The van der Waals surface area contributed by atoms with Crippen molar-refractivity contribution in [2.24, 2.45) is 0 Å². The molecule has 0 aliphatic rings. The normalized spacial score (nSPS) is 10.7. The highest BCUT2D eigenvalue weighted by Crippen LogP contribution is 2.25. The second-order valence-electron chi connectivity index (χ2n) is 4.75. The predicted molar refractivity (Wildman–Crippen MR) is 84.8 cm³/mol. The lowest BCUT2D eigenvalue weighted by Crippen LogP contribution is -2.19. The number of hydrogen-bond donors (Lipinski definition) is 1. The summed E-state index contributed by atoms with van der Waals surface area (Å²) in [5.41, 5.74) is 0.682. The SMILES string of the molecule is CSc1nccn1CC(=O)Nc1ccccc1OC(C)C. The molecule has 1 aromatic heterocycles. The number of ether oxygens (including phenoxy) is 1. The zero-order valence-corrected chi connectivity index (χ0v) is 13.2. The van der Waals surface area contributed by atoms with Crippen molar-refractivity contribution in [1.82, 2.24) is 9.55 Å². The second kappa shape index (κ2) is 7.17. The smallest absolute Gasteiger partial charge is 0.244 e. The van der Waals surface area contributed by atoms with Gasteiger partial charge >= 0.3 is 0 Å². The Morgan fingerprint density at radius 2 is 2.19 bits per heavy atom. The number of para-hydroxylation sites is 2. The first kappa shape index (κ1) is 15.4. The first-order valence-corrected chi connectivity index (χ1v) is 7.93. The number of amides is 1. The largest absolute Gasteiger partial charge is 0.489 e. The number of nitrogens with zero attached hydrogens (tertiary/aromatic N) is 2. The van der Waals surface area contributed by atoms with Crippen LogP contribution < -0.4 is 10.1 Å². The molecule has 0 saturated heterocycles. The fourth-order valence-corrected chi connectivity index (χ4v) is 2.40.